The van der Waals surface area contributed by atoms with E-state index < -0.39 is 5.91 Å². The number of nitrogens with zero attached hydrogens (tertiary/aromatic N) is 2. The molecule has 1 aliphatic rings. The molecule has 0 radical (unpaired) electrons. The minimum Gasteiger partial charge on any atom is -0.480 e. The fourth-order valence-corrected chi connectivity index (χ4v) is 2.03. The molecule has 0 bridgehead atoms. The summed E-state index contributed by atoms with van der Waals surface area (Å²) in [6.07, 6.45) is 0. The number of nitrogens with two attached hydrogens (primary N) is 1. The van der Waals surface area contributed by atoms with E-state index in [1.807, 2.05) is 13.0 Å². The van der Waals surface area contributed by atoms with Gasteiger partial charge in [0.05, 0.1) is 20.3 Å². The van der Waals surface area contributed by atoms with Gasteiger partial charge in [0, 0.05) is 13.1 Å². The topological polar surface area (TPSA) is 77.7 Å². The molecule has 18 heavy (non-hydrogen) atoms. The van der Waals surface area contributed by atoms with Crippen molar-refractivity contribution >= 4 is 11.7 Å². The van der Waals surface area contributed by atoms with Crippen molar-refractivity contribution in [2.45, 2.75) is 6.92 Å². The summed E-state index contributed by atoms with van der Waals surface area (Å²) in [6, 6.07) is 1.86. The zero-order valence-electron chi connectivity index (χ0n) is 10.6. The Balaban J connectivity index is 2.38. The number of morpholine rings is 1. The number of amides is 1. The van der Waals surface area contributed by atoms with Crippen LogP contribution in [-0.4, -0.2) is 44.3 Å². The number of carbonyl (C=O) groups excluding carboxylic acids is 1. The van der Waals surface area contributed by atoms with Gasteiger partial charge in [0.15, 0.2) is 0 Å². The van der Waals surface area contributed by atoms with Gasteiger partial charge in [-0.25, -0.2) is 0 Å². The second-order valence-electron chi connectivity index (χ2n) is 4.15. The highest BCUT2D eigenvalue weighted by Gasteiger charge is 2.19. The summed E-state index contributed by atoms with van der Waals surface area (Å²) in [5.41, 5.74) is 6.44. The van der Waals surface area contributed by atoms with Crippen LogP contribution in [0.1, 0.15) is 15.9 Å². The number of pyridine rings is 1. The molecule has 0 aliphatic carbocycles. The Kier molecular flexibility index (Phi) is 3.66. The predicted octanol–water partition coefficient (Wildman–Crippen LogP) is 0.334. The summed E-state index contributed by atoms with van der Waals surface area (Å²) in [4.78, 5) is 17.8. The van der Waals surface area contributed by atoms with Gasteiger partial charge in [-0.05, 0) is 18.6 Å². The highest BCUT2D eigenvalue weighted by Crippen LogP contribution is 2.25. The standard InChI is InChI=1S/C12H17N3O3/c1-8-7-9(15-3-5-18-6-4-15)14-12(17-2)10(8)11(13)16/h7H,3-6H2,1-2H3,(H2,13,16). The van der Waals surface area contributed by atoms with Crippen LogP contribution in [0.25, 0.3) is 0 Å². The molecule has 1 aromatic heterocycles. The van der Waals surface area contributed by atoms with Crippen molar-refractivity contribution in [3.8, 4) is 5.88 Å². The first-order valence-corrected chi connectivity index (χ1v) is 5.81. The molecule has 6 nitrogen and oxygen atoms in total. The molecule has 0 saturated carbocycles. The Labute approximate surface area is 106 Å². The largest absolute Gasteiger partial charge is 0.480 e. The number of rotatable bonds is 3. The molecule has 2 rings (SSSR count). The summed E-state index contributed by atoms with van der Waals surface area (Å²) >= 11 is 0. The van der Waals surface area contributed by atoms with Gasteiger partial charge in [-0.2, -0.15) is 4.98 Å². The van der Waals surface area contributed by atoms with E-state index in [1.165, 1.54) is 7.11 Å². The normalized spacial score (nSPS) is 15.6. The van der Waals surface area contributed by atoms with E-state index in [2.05, 4.69) is 9.88 Å². The van der Waals surface area contributed by atoms with Crippen molar-refractivity contribution in [2.75, 3.05) is 38.3 Å². The monoisotopic (exact) mass is 251 g/mol. The minimum atomic E-state index is -0.523. The summed E-state index contributed by atoms with van der Waals surface area (Å²) in [5, 5.41) is 0. The molecule has 2 heterocycles. The first-order chi connectivity index (χ1) is 8.63. The van der Waals surface area contributed by atoms with Gasteiger partial charge in [0.2, 0.25) is 5.88 Å². The average molecular weight is 251 g/mol. The fraction of sp³-hybridized carbons (Fsp3) is 0.500. The van der Waals surface area contributed by atoms with Gasteiger partial charge >= 0.3 is 0 Å². The molecule has 0 unspecified atom stereocenters. The molecule has 0 atom stereocenters. The lowest BCUT2D eigenvalue weighted by Gasteiger charge is -2.28. The molecule has 1 aromatic rings. The maximum Gasteiger partial charge on any atom is 0.254 e. The van der Waals surface area contributed by atoms with Crippen LogP contribution in [0.4, 0.5) is 5.82 Å². The van der Waals surface area contributed by atoms with E-state index in [0.29, 0.717) is 18.8 Å². The number of carbonyl (C=O) groups is 1. The summed E-state index contributed by atoms with van der Waals surface area (Å²) in [6.45, 7) is 4.76. The third-order valence-corrected chi connectivity index (χ3v) is 2.94. The van der Waals surface area contributed by atoms with Gasteiger partial charge in [-0.3, -0.25) is 4.79 Å². The average Bonchev–Trinajstić information content (AvgIpc) is 2.38. The molecular formula is C12H17N3O3. The molecule has 2 N–H and O–H groups in total. The van der Waals surface area contributed by atoms with E-state index in [1.54, 1.807) is 0 Å². The van der Waals surface area contributed by atoms with Gasteiger partial charge in [0.1, 0.15) is 11.4 Å². The molecule has 1 fully saturated rings. The smallest absolute Gasteiger partial charge is 0.254 e. The van der Waals surface area contributed by atoms with Gasteiger partial charge in [-0.1, -0.05) is 0 Å². The van der Waals surface area contributed by atoms with Crippen molar-refractivity contribution in [3.63, 3.8) is 0 Å². The number of primary amides is 1. The second-order valence-corrected chi connectivity index (χ2v) is 4.15. The summed E-state index contributed by atoms with van der Waals surface area (Å²) in [7, 11) is 1.48. The number of aryl methyl sites for hydroxylation is 1. The number of hydrogen-bond donors (Lipinski definition) is 1. The van der Waals surface area contributed by atoms with Crippen molar-refractivity contribution in [1.82, 2.24) is 4.98 Å². The van der Waals surface area contributed by atoms with Gasteiger partial charge in [-0.15, -0.1) is 0 Å². The number of hydrogen-bond acceptors (Lipinski definition) is 5. The highest BCUT2D eigenvalue weighted by molar-refractivity contribution is 5.96. The highest BCUT2D eigenvalue weighted by atomic mass is 16.5. The van der Waals surface area contributed by atoms with Gasteiger partial charge in [0.25, 0.3) is 5.91 Å². The maximum atomic E-state index is 11.4. The van der Waals surface area contributed by atoms with Crippen LogP contribution in [0.2, 0.25) is 0 Å². The Morgan fingerprint density at radius 1 is 1.50 bits per heavy atom. The Bertz CT molecular complexity index is 456. The SMILES string of the molecule is COc1nc(N2CCOCC2)cc(C)c1C(N)=O. The van der Waals surface area contributed by atoms with E-state index in [-0.39, 0.29) is 5.88 Å². The predicted molar refractivity (Wildman–Crippen MR) is 67.1 cm³/mol. The zero-order valence-corrected chi connectivity index (χ0v) is 10.6. The maximum absolute atomic E-state index is 11.4. The summed E-state index contributed by atoms with van der Waals surface area (Å²) < 4.78 is 10.4. The lowest BCUT2D eigenvalue weighted by Crippen LogP contribution is -2.37. The number of aromatic nitrogens is 1. The van der Waals surface area contributed by atoms with Crippen LogP contribution in [0, 0.1) is 6.92 Å². The van der Waals surface area contributed by atoms with Crippen LogP contribution in [0.3, 0.4) is 0 Å². The van der Waals surface area contributed by atoms with E-state index >= 15 is 0 Å². The molecule has 0 spiro atoms. The fourth-order valence-electron chi connectivity index (χ4n) is 2.03. The first kappa shape index (κ1) is 12.6. The first-order valence-electron chi connectivity index (χ1n) is 5.81. The number of anilines is 1. The van der Waals surface area contributed by atoms with Crippen molar-refractivity contribution in [2.24, 2.45) is 5.73 Å². The Morgan fingerprint density at radius 2 is 2.17 bits per heavy atom. The Morgan fingerprint density at radius 3 is 2.72 bits per heavy atom. The van der Waals surface area contributed by atoms with E-state index in [0.717, 1.165) is 24.5 Å². The third kappa shape index (κ3) is 2.38. The lowest BCUT2D eigenvalue weighted by atomic mass is 10.1. The van der Waals surface area contributed by atoms with E-state index in [9.17, 15) is 4.79 Å². The number of ether oxygens (including phenoxy) is 2. The van der Waals surface area contributed by atoms with Crippen LogP contribution < -0.4 is 15.4 Å². The van der Waals surface area contributed by atoms with Gasteiger partial charge < -0.3 is 20.1 Å². The third-order valence-electron chi connectivity index (χ3n) is 2.94. The van der Waals surface area contributed by atoms with E-state index in [4.69, 9.17) is 15.2 Å². The van der Waals surface area contributed by atoms with Crippen LogP contribution in [0.15, 0.2) is 6.07 Å². The second kappa shape index (κ2) is 5.22. The summed E-state index contributed by atoms with van der Waals surface area (Å²) in [5.74, 6) is 0.548. The molecule has 0 aromatic carbocycles. The van der Waals surface area contributed by atoms with Crippen LogP contribution in [-0.2, 0) is 4.74 Å². The van der Waals surface area contributed by atoms with Crippen molar-refractivity contribution in [1.29, 1.82) is 0 Å². The Hall–Kier alpha value is -1.82. The van der Waals surface area contributed by atoms with Crippen LogP contribution in [0.5, 0.6) is 5.88 Å². The molecular weight excluding hydrogens is 234 g/mol. The molecule has 1 saturated heterocycles. The zero-order chi connectivity index (χ0) is 13.1. The van der Waals surface area contributed by atoms with Crippen LogP contribution >= 0.6 is 0 Å². The molecule has 1 amide bonds. The molecule has 1 aliphatic heterocycles. The lowest BCUT2D eigenvalue weighted by molar-refractivity contribution is 0.0996. The number of methoxy groups -OCH3 is 1. The molecule has 98 valence electrons. The molecule has 6 heteroatoms. The minimum absolute atomic E-state index is 0.281. The van der Waals surface area contributed by atoms with Crippen molar-refractivity contribution in [3.05, 3.63) is 17.2 Å². The van der Waals surface area contributed by atoms with Crippen molar-refractivity contribution < 1.29 is 14.3 Å². The quantitative estimate of drug-likeness (QED) is 0.837.